The number of halogens is 6. The summed E-state index contributed by atoms with van der Waals surface area (Å²) in [5, 5.41) is 22.8. The van der Waals surface area contributed by atoms with Crippen molar-refractivity contribution in [2.75, 3.05) is 0 Å². The van der Waals surface area contributed by atoms with E-state index in [9.17, 15) is 26.3 Å². The van der Waals surface area contributed by atoms with Gasteiger partial charge in [-0.15, -0.1) is 59.3 Å². The maximum Gasteiger partial charge on any atom is 0.419 e. The molecule has 0 spiro atoms. The molecule has 6 rings (SSSR count). The second-order valence-electron chi connectivity index (χ2n) is 8.63. The molecule has 43 heavy (non-hydrogen) atoms. The number of fused-ring (bicyclic) bond motifs is 2. The molecule has 0 radical (unpaired) electrons. The summed E-state index contributed by atoms with van der Waals surface area (Å²) in [7, 11) is 0. The number of benzene rings is 4. The van der Waals surface area contributed by atoms with E-state index < -0.39 is 35.0 Å². The van der Waals surface area contributed by atoms with Crippen molar-refractivity contribution in [1.82, 2.24) is 0 Å². The zero-order chi connectivity index (χ0) is 31.9. The first-order chi connectivity index (χ1) is 20.4. The van der Waals surface area contributed by atoms with Gasteiger partial charge >= 0.3 is 47.2 Å². The molecule has 9 heteroatoms. The molecule has 222 valence electrons. The Kier molecular flexibility index (Phi) is 14.1. The Morgan fingerprint density at radius 1 is 0.535 bits per heavy atom. The van der Waals surface area contributed by atoms with Crippen molar-refractivity contribution >= 4 is 25.3 Å². The Labute approximate surface area is 260 Å². The molecule has 0 aliphatic heterocycles. The first kappa shape index (κ1) is 35.2. The number of hydrogen-bond acceptors (Lipinski definition) is 2. The molecule has 0 atom stereocenters. The minimum Gasteiger partial charge on any atom is -0.507 e. The van der Waals surface area contributed by atoms with Gasteiger partial charge in [-0.1, -0.05) is 36.4 Å². The Bertz CT molecular complexity index is 1480. The first-order valence-corrected chi connectivity index (χ1v) is 14.2. The van der Waals surface area contributed by atoms with Crippen LogP contribution in [0.2, 0.25) is 0 Å². The summed E-state index contributed by atoms with van der Waals surface area (Å²) in [6.07, 6.45) is -8.93. The molecule has 2 N–H and O–H groups in total. The van der Waals surface area contributed by atoms with Gasteiger partial charge in [-0.25, -0.2) is 0 Å². The summed E-state index contributed by atoms with van der Waals surface area (Å²) in [5.74, 6) is -1.47. The van der Waals surface area contributed by atoms with Crippen molar-refractivity contribution in [2.24, 2.45) is 0 Å². The van der Waals surface area contributed by atoms with Crippen molar-refractivity contribution in [1.29, 1.82) is 0 Å². The number of rotatable bonds is 0. The predicted octanol–water partition coefficient (Wildman–Crippen LogP) is 10.3. The van der Waals surface area contributed by atoms with Crippen LogP contribution in [0, 0.1) is 0 Å². The molecule has 0 aromatic heterocycles. The second-order valence-corrected chi connectivity index (χ2v) is 10.0. The molecule has 0 aliphatic rings. The summed E-state index contributed by atoms with van der Waals surface area (Å²) in [4.78, 5) is 0. The van der Waals surface area contributed by atoms with Crippen LogP contribution in [0.4, 0.5) is 26.3 Å². The summed E-state index contributed by atoms with van der Waals surface area (Å²) < 4.78 is 73.4. The molecule has 0 saturated carbocycles. The van der Waals surface area contributed by atoms with Gasteiger partial charge in [0.2, 0.25) is 0 Å². The number of para-hydroxylation sites is 2. The third-order valence-corrected chi connectivity index (χ3v) is 5.51. The molecule has 0 unspecified atom stereocenters. The third-order valence-electron chi connectivity index (χ3n) is 5.51. The fourth-order valence-corrected chi connectivity index (χ4v) is 3.57. The van der Waals surface area contributed by atoms with Gasteiger partial charge in [-0.2, -0.15) is 61.4 Å². The van der Waals surface area contributed by atoms with Crippen molar-refractivity contribution < 1.29 is 60.8 Å². The van der Waals surface area contributed by atoms with Gasteiger partial charge in [0.05, 0.1) is 11.1 Å². The molecule has 6 aromatic carbocycles. The van der Waals surface area contributed by atoms with Crippen LogP contribution < -0.4 is 0 Å². The quantitative estimate of drug-likeness (QED) is 0.124. The molecule has 0 saturated heterocycles. The molecular weight excluding hydrogens is 646 g/mol. The SMILES string of the molecule is C[CH]=[Zr+2].Oc1ccccc1C(F)(F)F.Oc1ccccc1C(F)(F)F.c1ccc2[cH-]ccc2c1.c1ccc2[cH-]ccc2c1. The standard InChI is InChI=1S/2C9H7.2C7H5F3O.C2H4.Zr/c2*1-2-5-9-7-3-6-8(9)4-1;2*8-7(9,10)5-3-1-2-4-6(5)11;1-2;/h2*1-7H;2*1-4,11H;1H,2H3;/q2*-1;;;;+2. The average molecular weight is 674 g/mol. The fourth-order valence-electron chi connectivity index (χ4n) is 3.57. The number of phenolic OH excluding ortho intramolecular Hbond substituents is 2. The largest absolute Gasteiger partial charge is 0.507 e. The van der Waals surface area contributed by atoms with Crippen LogP contribution in [0.1, 0.15) is 18.1 Å². The van der Waals surface area contributed by atoms with Gasteiger partial charge in [0.15, 0.2) is 0 Å². The van der Waals surface area contributed by atoms with Crippen LogP contribution in [-0.4, -0.2) is 13.9 Å². The molecule has 0 fully saturated rings. The summed E-state index contributed by atoms with van der Waals surface area (Å²) in [5.41, 5.74) is -2.00. The molecule has 6 aromatic rings. The minimum atomic E-state index is -4.47. The smallest absolute Gasteiger partial charge is 0.419 e. The van der Waals surface area contributed by atoms with E-state index in [-0.39, 0.29) is 0 Å². The number of phenols is 2. The maximum absolute atomic E-state index is 11.9. The summed E-state index contributed by atoms with van der Waals surface area (Å²) in [6, 6.07) is 38.1. The first-order valence-electron chi connectivity index (χ1n) is 12.7. The second kappa shape index (κ2) is 17.2. The molecule has 0 amide bonds. The van der Waals surface area contributed by atoms with E-state index in [2.05, 4.69) is 88.6 Å². The van der Waals surface area contributed by atoms with Gasteiger partial charge in [-0.3, -0.25) is 0 Å². The van der Waals surface area contributed by atoms with E-state index in [0.29, 0.717) is 0 Å². The van der Waals surface area contributed by atoms with E-state index in [1.54, 1.807) is 0 Å². The number of aromatic hydroxyl groups is 2. The molecular formula is C34H28F6O2Zr. The molecule has 0 heterocycles. The Balaban J connectivity index is 0.000000194. The van der Waals surface area contributed by atoms with E-state index >= 15 is 0 Å². The van der Waals surface area contributed by atoms with Gasteiger partial charge in [-0.05, 0) is 24.3 Å². The zero-order valence-electron chi connectivity index (χ0n) is 22.9. The summed E-state index contributed by atoms with van der Waals surface area (Å²) >= 11 is 1.51. The van der Waals surface area contributed by atoms with Crippen molar-refractivity contribution in [3.63, 3.8) is 0 Å². The monoisotopic (exact) mass is 672 g/mol. The summed E-state index contributed by atoms with van der Waals surface area (Å²) in [6.45, 7) is 2.04. The fraction of sp³-hybridized carbons (Fsp3) is 0.0882. The van der Waals surface area contributed by atoms with Gasteiger partial charge < -0.3 is 10.2 Å². The normalized spacial score (nSPS) is 10.5. The van der Waals surface area contributed by atoms with Crippen LogP contribution in [0.15, 0.2) is 133 Å². The topological polar surface area (TPSA) is 40.5 Å². The van der Waals surface area contributed by atoms with Crippen LogP contribution >= 0.6 is 0 Å². The minimum absolute atomic E-state index is 0.736. The van der Waals surface area contributed by atoms with E-state index in [4.69, 9.17) is 10.2 Å². The maximum atomic E-state index is 11.9. The van der Waals surface area contributed by atoms with Gasteiger partial charge in [0.1, 0.15) is 11.5 Å². The van der Waals surface area contributed by atoms with E-state index in [1.807, 2.05) is 6.92 Å². The zero-order valence-corrected chi connectivity index (χ0v) is 25.4. The molecule has 0 bridgehead atoms. The average Bonchev–Trinajstić information content (AvgIpc) is 3.64. The number of hydrogen-bond donors (Lipinski definition) is 2. The van der Waals surface area contributed by atoms with Gasteiger partial charge in [0, 0.05) is 0 Å². The van der Waals surface area contributed by atoms with Crippen LogP contribution in [0.25, 0.3) is 21.5 Å². The van der Waals surface area contributed by atoms with Crippen molar-refractivity contribution in [2.45, 2.75) is 19.3 Å². The predicted molar refractivity (Wildman–Crippen MR) is 157 cm³/mol. The molecule has 0 aliphatic carbocycles. The number of alkyl halides is 6. The Morgan fingerprint density at radius 3 is 1.12 bits per heavy atom. The molecule has 2 nitrogen and oxygen atoms in total. The van der Waals surface area contributed by atoms with Crippen LogP contribution in [0.5, 0.6) is 11.5 Å². The Hall–Kier alpha value is -3.97. The van der Waals surface area contributed by atoms with Crippen LogP contribution in [-0.2, 0) is 36.6 Å². The third kappa shape index (κ3) is 12.0. The van der Waals surface area contributed by atoms with Crippen LogP contribution in [0.3, 0.4) is 0 Å². The van der Waals surface area contributed by atoms with Crippen molar-refractivity contribution in [3.8, 4) is 11.5 Å². The van der Waals surface area contributed by atoms with E-state index in [0.717, 1.165) is 24.3 Å². The van der Waals surface area contributed by atoms with Gasteiger partial charge in [0.25, 0.3) is 0 Å². The van der Waals surface area contributed by atoms with Crippen molar-refractivity contribution in [3.05, 3.63) is 145 Å². The van der Waals surface area contributed by atoms with E-state index in [1.165, 1.54) is 70.0 Å². The Morgan fingerprint density at radius 2 is 0.837 bits per heavy atom.